The maximum absolute atomic E-state index is 15.0. The topological polar surface area (TPSA) is 93.3 Å². The van der Waals surface area contributed by atoms with E-state index in [2.05, 4.69) is 15.6 Å². The molecule has 0 aliphatic heterocycles. The summed E-state index contributed by atoms with van der Waals surface area (Å²) < 4.78 is 22.0. The van der Waals surface area contributed by atoms with E-state index in [9.17, 15) is 9.59 Å². The molecule has 0 aliphatic carbocycles. The number of nitrogens with one attached hydrogen (secondary N) is 1. The van der Waals surface area contributed by atoms with Crippen LogP contribution in [0.1, 0.15) is 44.6 Å². The first-order chi connectivity index (χ1) is 16.8. The molecule has 0 radical (unpaired) electrons. The molecule has 9 heteroatoms. The first-order valence-electron chi connectivity index (χ1n) is 11.5. The number of aromatic nitrogens is 3. The van der Waals surface area contributed by atoms with Crippen molar-refractivity contribution >= 4 is 22.8 Å². The van der Waals surface area contributed by atoms with Crippen molar-refractivity contribution in [1.29, 1.82) is 0 Å². The summed E-state index contributed by atoms with van der Waals surface area (Å²) in [5.41, 5.74) is 0.867. The van der Waals surface area contributed by atoms with Crippen LogP contribution < -0.4 is 5.32 Å². The monoisotopic (exact) mass is 477 g/mol. The van der Waals surface area contributed by atoms with Crippen LogP contribution in [0.3, 0.4) is 0 Å². The molecule has 4 aromatic rings. The predicted octanol–water partition coefficient (Wildman–Crippen LogP) is 4.24. The van der Waals surface area contributed by atoms with Gasteiger partial charge in [-0.25, -0.2) is 9.07 Å². The molecule has 2 amide bonds. The highest BCUT2D eigenvalue weighted by molar-refractivity contribution is 5.89. The van der Waals surface area contributed by atoms with E-state index in [-0.39, 0.29) is 18.7 Å². The number of halogens is 1. The van der Waals surface area contributed by atoms with Crippen molar-refractivity contribution in [3.05, 3.63) is 84.1 Å². The van der Waals surface area contributed by atoms with Gasteiger partial charge in [0, 0.05) is 11.1 Å². The Morgan fingerprint density at radius 2 is 1.86 bits per heavy atom. The largest absolute Gasteiger partial charge is 0.467 e. The average Bonchev–Trinajstić information content (AvgIpc) is 3.50. The molecule has 1 N–H and O–H groups in total. The summed E-state index contributed by atoms with van der Waals surface area (Å²) in [4.78, 5) is 28.7. The fourth-order valence-corrected chi connectivity index (χ4v) is 3.78. The van der Waals surface area contributed by atoms with Crippen molar-refractivity contribution in [2.45, 2.75) is 51.9 Å². The van der Waals surface area contributed by atoms with Crippen LogP contribution in [0.4, 0.5) is 4.39 Å². The molecule has 0 unspecified atom stereocenters. The van der Waals surface area contributed by atoms with Crippen LogP contribution in [0.5, 0.6) is 0 Å². The van der Waals surface area contributed by atoms with E-state index < -0.39 is 29.2 Å². The number of nitrogens with zero attached hydrogens (tertiary/aromatic N) is 4. The van der Waals surface area contributed by atoms with Crippen LogP contribution in [0.2, 0.25) is 0 Å². The normalized spacial score (nSPS) is 12.5. The number of amides is 2. The van der Waals surface area contributed by atoms with Crippen LogP contribution in [0.15, 0.2) is 71.3 Å². The van der Waals surface area contributed by atoms with Gasteiger partial charge in [-0.2, -0.15) is 0 Å². The van der Waals surface area contributed by atoms with E-state index in [1.807, 2.05) is 39.0 Å². The van der Waals surface area contributed by atoms with Gasteiger partial charge in [-0.1, -0.05) is 42.5 Å². The third-order valence-corrected chi connectivity index (χ3v) is 6.04. The molecule has 0 fully saturated rings. The van der Waals surface area contributed by atoms with Gasteiger partial charge in [0.05, 0.1) is 18.3 Å². The van der Waals surface area contributed by atoms with Gasteiger partial charge in [0.25, 0.3) is 0 Å². The molecule has 35 heavy (non-hydrogen) atoms. The Kier molecular flexibility index (Phi) is 6.95. The Morgan fingerprint density at radius 1 is 1.11 bits per heavy atom. The zero-order valence-electron chi connectivity index (χ0n) is 19.9. The van der Waals surface area contributed by atoms with Gasteiger partial charge >= 0.3 is 0 Å². The lowest BCUT2D eigenvalue weighted by Crippen LogP contribution is -2.50. The fourth-order valence-electron chi connectivity index (χ4n) is 3.78. The first-order valence-corrected chi connectivity index (χ1v) is 11.5. The van der Waals surface area contributed by atoms with Crippen molar-refractivity contribution in [2.24, 2.45) is 0 Å². The van der Waals surface area contributed by atoms with Crippen LogP contribution in [-0.2, 0) is 22.7 Å². The lowest BCUT2D eigenvalue weighted by Gasteiger charge is -2.34. The molecule has 0 saturated heterocycles. The summed E-state index contributed by atoms with van der Waals surface area (Å²) in [5.74, 6) is -1.03. The molecule has 0 saturated carbocycles. The molecule has 8 nitrogen and oxygen atoms in total. The van der Waals surface area contributed by atoms with Crippen LogP contribution in [-0.4, -0.2) is 37.2 Å². The highest BCUT2D eigenvalue weighted by Gasteiger charge is 2.36. The number of furan rings is 1. The van der Waals surface area contributed by atoms with Crippen molar-refractivity contribution < 1.29 is 18.4 Å². The van der Waals surface area contributed by atoms with E-state index >= 15 is 4.39 Å². The van der Waals surface area contributed by atoms with Crippen molar-refractivity contribution in [3.8, 4) is 0 Å². The number of benzene rings is 2. The van der Waals surface area contributed by atoms with Crippen molar-refractivity contribution in [2.75, 3.05) is 0 Å². The minimum absolute atomic E-state index is 0.0303. The van der Waals surface area contributed by atoms with E-state index in [4.69, 9.17) is 4.42 Å². The molecule has 0 spiro atoms. The van der Waals surface area contributed by atoms with Gasteiger partial charge in [-0.05, 0) is 50.6 Å². The number of fused-ring (bicyclic) bond motifs is 1. The molecular weight excluding hydrogens is 449 g/mol. The zero-order valence-corrected chi connectivity index (χ0v) is 19.9. The lowest BCUT2D eigenvalue weighted by molar-refractivity contribution is -0.143. The van der Waals surface area contributed by atoms with E-state index in [1.165, 1.54) is 28.0 Å². The van der Waals surface area contributed by atoms with Gasteiger partial charge < -0.3 is 14.6 Å². The van der Waals surface area contributed by atoms with Crippen LogP contribution in [0.25, 0.3) is 11.0 Å². The standard InChI is InChI=1S/C26H28FN5O3/c1-4-26(2,3)28-25(34)24(19-11-5-6-12-20(19)27)31(16-18-10-9-15-35-18)23(33)17-32-22-14-8-7-13-21(22)29-30-32/h5-15,24H,4,16-17H2,1-3H3,(H,28,34)/t24-/m0/s1. The SMILES string of the molecule is CCC(C)(C)NC(=O)[C@H](c1ccccc1F)N(Cc1ccco1)C(=O)Cn1nnc2ccccc21. The highest BCUT2D eigenvalue weighted by atomic mass is 19.1. The summed E-state index contributed by atoms with van der Waals surface area (Å²) in [6, 6.07) is 15.4. The number of carbonyl (C=O) groups is 2. The second-order valence-corrected chi connectivity index (χ2v) is 8.99. The summed E-state index contributed by atoms with van der Waals surface area (Å²) in [6.07, 6.45) is 2.14. The Hall–Kier alpha value is -4.01. The molecular formula is C26H28FN5O3. The second-order valence-electron chi connectivity index (χ2n) is 8.99. The number of carbonyl (C=O) groups excluding carboxylic acids is 2. The Bertz CT molecular complexity index is 1320. The van der Waals surface area contributed by atoms with Gasteiger partial charge in [0.1, 0.15) is 29.7 Å². The lowest BCUT2D eigenvalue weighted by atomic mass is 9.98. The molecule has 182 valence electrons. The molecule has 4 rings (SSSR count). The Labute approximate surface area is 202 Å². The molecule has 0 bridgehead atoms. The fraction of sp³-hybridized carbons (Fsp3) is 0.308. The Morgan fingerprint density at radius 3 is 2.57 bits per heavy atom. The Balaban J connectivity index is 1.76. The molecule has 2 aromatic heterocycles. The number of hydrogen-bond acceptors (Lipinski definition) is 5. The molecule has 1 atom stereocenters. The smallest absolute Gasteiger partial charge is 0.247 e. The van der Waals surface area contributed by atoms with Crippen molar-refractivity contribution in [1.82, 2.24) is 25.2 Å². The van der Waals surface area contributed by atoms with Gasteiger partial charge in [0.2, 0.25) is 11.8 Å². The summed E-state index contributed by atoms with van der Waals surface area (Å²) in [7, 11) is 0. The van der Waals surface area contributed by atoms with E-state index in [0.717, 1.165) is 0 Å². The summed E-state index contributed by atoms with van der Waals surface area (Å²) in [6.45, 7) is 5.49. The predicted molar refractivity (Wildman–Crippen MR) is 128 cm³/mol. The average molecular weight is 478 g/mol. The number of hydrogen-bond donors (Lipinski definition) is 1. The second kappa shape index (κ2) is 10.1. The third-order valence-electron chi connectivity index (χ3n) is 6.04. The van der Waals surface area contributed by atoms with Crippen LogP contribution in [0, 0.1) is 5.82 Å². The molecule has 2 heterocycles. The zero-order chi connectivity index (χ0) is 25.0. The number of para-hydroxylation sites is 1. The summed E-state index contributed by atoms with van der Waals surface area (Å²) >= 11 is 0. The first kappa shape index (κ1) is 24.1. The van der Waals surface area contributed by atoms with Crippen LogP contribution >= 0.6 is 0 Å². The number of rotatable bonds is 9. The van der Waals surface area contributed by atoms with Gasteiger partial charge in [0.15, 0.2) is 0 Å². The van der Waals surface area contributed by atoms with E-state index in [1.54, 1.807) is 30.3 Å². The van der Waals surface area contributed by atoms with Gasteiger partial charge in [-0.3, -0.25) is 9.59 Å². The molecule has 0 aliphatic rings. The molecule has 2 aromatic carbocycles. The summed E-state index contributed by atoms with van der Waals surface area (Å²) in [5, 5.41) is 11.2. The quantitative estimate of drug-likeness (QED) is 0.389. The maximum Gasteiger partial charge on any atom is 0.247 e. The van der Waals surface area contributed by atoms with Gasteiger partial charge in [-0.15, -0.1) is 5.10 Å². The minimum atomic E-state index is -1.23. The van der Waals surface area contributed by atoms with E-state index in [0.29, 0.717) is 23.2 Å². The minimum Gasteiger partial charge on any atom is -0.467 e. The van der Waals surface area contributed by atoms with Crippen molar-refractivity contribution in [3.63, 3.8) is 0 Å². The third kappa shape index (κ3) is 5.40. The highest BCUT2D eigenvalue weighted by Crippen LogP contribution is 2.28. The maximum atomic E-state index is 15.0.